The van der Waals surface area contributed by atoms with Crippen LogP contribution in [0.3, 0.4) is 0 Å². The molecule has 0 unspecified atom stereocenters. The van der Waals surface area contributed by atoms with Crippen LogP contribution in [0.15, 0.2) is 0 Å². The van der Waals surface area contributed by atoms with Gasteiger partial charge in [-0.25, -0.2) is 4.79 Å². The number of aliphatic carboxylic acids is 1. The topological polar surface area (TPSA) is 69.6 Å². The van der Waals surface area contributed by atoms with Gasteiger partial charge in [0, 0.05) is 13.1 Å². The summed E-state index contributed by atoms with van der Waals surface area (Å²) in [6.07, 6.45) is 4.96. The normalized spacial score (nSPS) is 17.9. The standard InChI is InChI=1S/C9H12N2O3/c1-3-4-10-8(14)11-5-9(2,6-11)7(12)13/h1H,4-6H2,2H3,(H,10,14)(H,12,13). The van der Waals surface area contributed by atoms with Gasteiger partial charge in [-0.1, -0.05) is 5.92 Å². The molecule has 1 rings (SSSR count). The first-order valence-electron chi connectivity index (χ1n) is 4.19. The molecule has 1 fully saturated rings. The van der Waals surface area contributed by atoms with Gasteiger partial charge < -0.3 is 15.3 Å². The molecule has 1 heterocycles. The van der Waals surface area contributed by atoms with E-state index >= 15 is 0 Å². The van der Waals surface area contributed by atoms with Crippen LogP contribution in [-0.4, -0.2) is 41.6 Å². The summed E-state index contributed by atoms with van der Waals surface area (Å²) in [5.74, 6) is 1.39. The third-order valence-electron chi connectivity index (χ3n) is 2.22. The van der Waals surface area contributed by atoms with Crippen molar-refractivity contribution in [1.29, 1.82) is 0 Å². The number of carbonyl (C=O) groups is 2. The van der Waals surface area contributed by atoms with Gasteiger partial charge in [-0.3, -0.25) is 4.79 Å². The number of terminal acetylenes is 1. The summed E-state index contributed by atoms with van der Waals surface area (Å²) < 4.78 is 0. The Bertz CT molecular complexity index is 300. The smallest absolute Gasteiger partial charge is 0.318 e. The minimum absolute atomic E-state index is 0.166. The number of nitrogens with zero attached hydrogens (tertiary/aromatic N) is 1. The van der Waals surface area contributed by atoms with Gasteiger partial charge in [0.1, 0.15) is 5.41 Å². The van der Waals surface area contributed by atoms with Crippen molar-refractivity contribution in [3.8, 4) is 12.3 Å². The molecule has 5 heteroatoms. The molecular weight excluding hydrogens is 184 g/mol. The molecule has 0 radical (unpaired) electrons. The summed E-state index contributed by atoms with van der Waals surface area (Å²) in [7, 11) is 0. The van der Waals surface area contributed by atoms with Gasteiger partial charge in [0.15, 0.2) is 0 Å². The lowest BCUT2D eigenvalue weighted by atomic mass is 9.82. The van der Waals surface area contributed by atoms with Gasteiger partial charge in [-0.15, -0.1) is 6.42 Å². The quantitative estimate of drug-likeness (QED) is 0.597. The van der Waals surface area contributed by atoms with E-state index in [0.29, 0.717) is 0 Å². The first kappa shape index (κ1) is 10.4. The molecule has 76 valence electrons. The summed E-state index contributed by atoms with van der Waals surface area (Å²) in [5, 5.41) is 11.2. The Balaban J connectivity index is 2.38. The molecule has 0 bridgehead atoms. The number of carboxylic acids is 1. The summed E-state index contributed by atoms with van der Waals surface area (Å²) in [4.78, 5) is 23.3. The van der Waals surface area contributed by atoms with Gasteiger partial charge in [-0.05, 0) is 6.92 Å². The highest BCUT2D eigenvalue weighted by Gasteiger charge is 2.47. The number of rotatable bonds is 2. The van der Waals surface area contributed by atoms with E-state index in [9.17, 15) is 9.59 Å². The van der Waals surface area contributed by atoms with Gasteiger partial charge in [0.25, 0.3) is 0 Å². The molecular formula is C9H12N2O3. The van der Waals surface area contributed by atoms with Gasteiger partial charge in [0.05, 0.1) is 6.54 Å². The fourth-order valence-electron chi connectivity index (χ4n) is 1.31. The van der Waals surface area contributed by atoms with Gasteiger partial charge in [-0.2, -0.15) is 0 Å². The molecule has 0 atom stereocenters. The zero-order valence-corrected chi connectivity index (χ0v) is 7.91. The van der Waals surface area contributed by atoms with Crippen LogP contribution >= 0.6 is 0 Å². The number of urea groups is 1. The van der Waals surface area contributed by atoms with Crippen molar-refractivity contribution < 1.29 is 14.7 Å². The molecule has 0 aromatic heterocycles. The van der Waals surface area contributed by atoms with Crippen molar-refractivity contribution >= 4 is 12.0 Å². The molecule has 2 N–H and O–H groups in total. The highest BCUT2D eigenvalue weighted by Crippen LogP contribution is 2.29. The van der Waals surface area contributed by atoms with E-state index in [1.165, 1.54) is 4.90 Å². The fraction of sp³-hybridized carbons (Fsp3) is 0.556. The predicted molar refractivity (Wildman–Crippen MR) is 49.5 cm³/mol. The van der Waals surface area contributed by atoms with Crippen LogP contribution in [-0.2, 0) is 4.79 Å². The summed E-state index contributed by atoms with van der Waals surface area (Å²) in [6, 6.07) is -0.304. The number of amides is 2. The van der Waals surface area contributed by atoms with Crippen molar-refractivity contribution in [2.45, 2.75) is 6.92 Å². The lowest BCUT2D eigenvalue weighted by Gasteiger charge is -2.44. The Morgan fingerprint density at radius 2 is 2.21 bits per heavy atom. The van der Waals surface area contributed by atoms with Crippen LogP contribution in [0.1, 0.15) is 6.92 Å². The number of likely N-dealkylation sites (tertiary alicyclic amines) is 1. The molecule has 0 saturated carbocycles. The number of carbonyl (C=O) groups excluding carboxylic acids is 1. The molecule has 1 aliphatic rings. The minimum atomic E-state index is -0.876. The second-order valence-corrected chi connectivity index (χ2v) is 3.58. The molecule has 1 saturated heterocycles. The Hall–Kier alpha value is -1.70. The Labute approximate surface area is 82.1 Å². The number of carboxylic acid groups (broad SMARTS) is 1. The molecule has 1 aliphatic heterocycles. The average molecular weight is 196 g/mol. The van der Waals surface area contributed by atoms with Crippen LogP contribution in [0.4, 0.5) is 4.79 Å². The largest absolute Gasteiger partial charge is 0.481 e. The molecule has 0 aromatic rings. The van der Waals surface area contributed by atoms with Crippen molar-refractivity contribution in [2.75, 3.05) is 19.6 Å². The van der Waals surface area contributed by atoms with Crippen molar-refractivity contribution in [2.24, 2.45) is 5.41 Å². The maximum atomic E-state index is 11.2. The van der Waals surface area contributed by atoms with Crippen LogP contribution in [0, 0.1) is 17.8 Å². The van der Waals surface area contributed by atoms with E-state index < -0.39 is 11.4 Å². The maximum absolute atomic E-state index is 11.2. The molecule has 0 spiro atoms. The maximum Gasteiger partial charge on any atom is 0.318 e. The van der Waals surface area contributed by atoms with Crippen molar-refractivity contribution in [3.63, 3.8) is 0 Å². The van der Waals surface area contributed by atoms with Crippen molar-refractivity contribution in [3.05, 3.63) is 0 Å². The highest BCUT2D eigenvalue weighted by molar-refractivity contribution is 5.82. The van der Waals surface area contributed by atoms with E-state index in [0.717, 1.165) is 0 Å². The third-order valence-corrected chi connectivity index (χ3v) is 2.22. The van der Waals surface area contributed by atoms with E-state index in [1.807, 2.05) is 0 Å². The molecule has 14 heavy (non-hydrogen) atoms. The lowest BCUT2D eigenvalue weighted by molar-refractivity contribution is -0.155. The van der Waals surface area contributed by atoms with Gasteiger partial charge >= 0.3 is 12.0 Å². The number of nitrogens with one attached hydrogen (secondary N) is 1. The van der Waals surface area contributed by atoms with Crippen LogP contribution < -0.4 is 5.32 Å². The minimum Gasteiger partial charge on any atom is -0.481 e. The summed E-state index contributed by atoms with van der Waals surface area (Å²) in [6.45, 7) is 2.25. The number of hydrogen-bond acceptors (Lipinski definition) is 2. The summed E-state index contributed by atoms with van der Waals surface area (Å²) in [5.41, 5.74) is -0.798. The van der Waals surface area contributed by atoms with E-state index in [4.69, 9.17) is 11.5 Å². The zero-order chi connectivity index (χ0) is 10.8. The second kappa shape index (κ2) is 3.58. The fourth-order valence-corrected chi connectivity index (χ4v) is 1.31. The summed E-state index contributed by atoms with van der Waals surface area (Å²) >= 11 is 0. The first-order valence-corrected chi connectivity index (χ1v) is 4.19. The lowest BCUT2D eigenvalue weighted by Crippen LogP contribution is -2.62. The van der Waals surface area contributed by atoms with E-state index in [-0.39, 0.29) is 25.7 Å². The molecule has 2 amide bonds. The van der Waals surface area contributed by atoms with Gasteiger partial charge in [0.2, 0.25) is 0 Å². The third kappa shape index (κ3) is 1.79. The predicted octanol–water partition coefficient (Wildman–Crippen LogP) is -0.264. The SMILES string of the molecule is C#CCNC(=O)N1CC(C)(C(=O)O)C1. The Morgan fingerprint density at radius 3 is 2.64 bits per heavy atom. The van der Waals surface area contributed by atoms with Crippen molar-refractivity contribution in [1.82, 2.24) is 10.2 Å². The van der Waals surface area contributed by atoms with Crippen LogP contribution in [0.5, 0.6) is 0 Å². The van der Waals surface area contributed by atoms with E-state index in [1.54, 1.807) is 6.92 Å². The van der Waals surface area contributed by atoms with Crippen LogP contribution in [0.25, 0.3) is 0 Å². The molecule has 0 aromatic carbocycles. The monoisotopic (exact) mass is 196 g/mol. The Morgan fingerprint density at radius 1 is 1.64 bits per heavy atom. The molecule has 0 aliphatic carbocycles. The highest BCUT2D eigenvalue weighted by atomic mass is 16.4. The molecule has 5 nitrogen and oxygen atoms in total. The van der Waals surface area contributed by atoms with E-state index in [2.05, 4.69) is 11.2 Å². The Kier molecular flexibility index (Phi) is 2.65. The number of hydrogen-bond donors (Lipinski definition) is 2. The second-order valence-electron chi connectivity index (χ2n) is 3.58. The zero-order valence-electron chi connectivity index (χ0n) is 7.91. The van der Waals surface area contributed by atoms with Crippen LogP contribution in [0.2, 0.25) is 0 Å². The average Bonchev–Trinajstić information content (AvgIpc) is 2.08. The first-order chi connectivity index (χ1) is 6.49.